The van der Waals surface area contributed by atoms with Crippen molar-refractivity contribution in [2.45, 2.75) is 0 Å². The molecule has 0 aromatic heterocycles. The summed E-state index contributed by atoms with van der Waals surface area (Å²) >= 11 is 5.58. The number of hydrogen-bond donors (Lipinski definition) is 0. The molecule has 0 heterocycles. The van der Waals surface area contributed by atoms with E-state index in [1.54, 1.807) is 12.1 Å². The fourth-order valence-corrected chi connectivity index (χ4v) is 0.902. The van der Waals surface area contributed by atoms with Gasteiger partial charge < -0.3 is 0 Å². The molecule has 1 aromatic carbocycles. The van der Waals surface area contributed by atoms with Crippen LogP contribution in [0.2, 0.25) is 5.02 Å². The molecule has 1 radical (unpaired) electrons. The SMILES string of the molecule is [CH2]c1cccc([N+](=O)[O-])c1Cl. The third kappa shape index (κ3) is 1.49. The van der Waals surface area contributed by atoms with Crippen LogP contribution in [-0.2, 0) is 0 Å². The van der Waals surface area contributed by atoms with Gasteiger partial charge in [0.2, 0.25) is 0 Å². The zero-order chi connectivity index (χ0) is 8.43. The quantitative estimate of drug-likeness (QED) is 0.480. The van der Waals surface area contributed by atoms with Crippen molar-refractivity contribution in [3.05, 3.63) is 45.8 Å². The highest BCUT2D eigenvalue weighted by molar-refractivity contribution is 6.33. The Labute approximate surface area is 68.8 Å². The maximum atomic E-state index is 10.3. The summed E-state index contributed by atoms with van der Waals surface area (Å²) < 4.78 is 0. The lowest BCUT2D eigenvalue weighted by atomic mass is 10.2. The molecule has 0 unspecified atom stereocenters. The Bertz CT molecular complexity index is 298. The van der Waals surface area contributed by atoms with Gasteiger partial charge in [-0.05, 0) is 12.5 Å². The van der Waals surface area contributed by atoms with Crippen molar-refractivity contribution >= 4 is 17.3 Å². The number of nitro benzene ring substituents is 1. The first-order chi connectivity index (χ1) is 5.13. The molecular weight excluding hydrogens is 166 g/mol. The van der Waals surface area contributed by atoms with E-state index in [9.17, 15) is 10.1 Å². The van der Waals surface area contributed by atoms with Gasteiger partial charge in [-0.15, -0.1) is 0 Å². The van der Waals surface area contributed by atoms with Gasteiger partial charge in [0.05, 0.1) is 4.92 Å². The highest BCUT2D eigenvalue weighted by Gasteiger charge is 2.11. The second kappa shape index (κ2) is 2.88. The van der Waals surface area contributed by atoms with Crippen LogP contribution >= 0.6 is 11.6 Å². The minimum Gasteiger partial charge on any atom is -0.258 e. The molecule has 1 rings (SSSR count). The smallest absolute Gasteiger partial charge is 0.258 e. The van der Waals surface area contributed by atoms with Crippen molar-refractivity contribution in [1.82, 2.24) is 0 Å². The van der Waals surface area contributed by atoms with Gasteiger partial charge in [0, 0.05) is 6.07 Å². The second-order valence-electron chi connectivity index (χ2n) is 2.01. The largest absolute Gasteiger partial charge is 0.288 e. The zero-order valence-corrected chi connectivity index (χ0v) is 6.34. The van der Waals surface area contributed by atoms with E-state index < -0.39 is 4.92 Å². The van der Waals surface area contributed by atoms with Crippen molar-refractivity contribution < 1.29 is 4.92 Å². The molecule has 57 valence electrons. The van der Waals surface area contributed by atoms with E-state index in [4.69, 9.17) is 11.6 Å². The minimum absolute atomic E-state index is 0.0980. The monoisotopic (exact) mass is 170 g/mol. The highest BCUT2D eigenvalue weighted by atomic mass is 35.5. The van der Waals surface area contributed by atoms with Gasteiger partial charge in [-0.1, -0.05) is 23.7 Å². The summed E-state index contributed by atoms with van der Waals surface area (Å²) in [5.74, 6) is 0. The van der Waals surface area contributed by atoms with Gasteiger partial charge in [-0.25, -0.2) is 0 Å². The number of halogens is 1. The van der Waals surface area contributed by atoms with E-state index in [1.165, 1.54) is 6.07 Å². The Balaban J connectivity index is 3.27. The predicted octanol–water partition coefficient (Wildman–Crippen LogP) is 2.43. The van der Waals surface area contributed by atoms with Crippen molar-refractivity contribution in [1.29, 1.82) is 0 Å². The van der Waals surface area contributed by atoms with E-state index in [0.717, 1.165) is 0 Å². The average Bonchev–Trinajstić information content (AvgIpc) is 1.94. The highest BCUT2D eigenvalue weighted by Crippen LogP contribution is 2.26. The first-order valence-corrected chi connectivity index (χ1v) is 3.25. The third-order valence-electron chi connectivity index (χ3n) is 1.26. The van der Waals surface area contributed by atoms with Crippen LogP contribution in [0, 0.1) is 17.0 Å². The normalized spacial score (nSPS) is 9.64. The Morgan fingerprint density at radius 2 is 2.18 bits per heavy atom. The van der Waals surface area contributed by atoms with Gasteiger partial charge in [-0.2, -0.15) is 0 Å². The standard InChI is InChI=1S/C7H5ClNO2/c1-5-3-2-4-6(7(5)8)9(10)11/h2-4H,1H2. The molecule has 3 nitrogen and oxygen atoms in total. The van der Waals surface area contributed by atoms with Crippen LogP contribution in [0.1, 0.15) is 5.56 Å². The third-order valence-corrected chi connectivity index (χ3v) is 1.69. The summed E-state index contributed by atoms with van der Waals surface area (Å²) in [5, 5.41) is 10.4. The summed E-state index contributed by atoms with van der Waals surface area (Å²) in [6.45, 7) is 3.53. The summed E-state index contributed by atoms with van der Waals surface area (Å²) in [4.78, 5) is 9.74. The fourth-order valence-electron chi connectivity index (χ4n) is 0.707. The molecule has 0 atom stereocenters. The molecule has 4 heteroatoms. The van der Waals surface area contributed by atoms with Crippen LogP contribution in [0.5, 0.6) is 0 Å². The van der Waals surface area contributed by atoms with Gasteiger partial charge in [0.1, 0.15) is 5.02 Å². The summed E-state index contributed by atoms with van der Waals surface area (Å²) in [5.41, 5.74) is 0.375. The molecule has 1 aromatic rings. The Hall–Kier alpha value is -1.09. The van der Waals surface area contributed by atoms with Crippen molar-refractivity contribution in [2.24, 2.45) is 0 Å². The summed E-state index contributed by atoms with van der Waals surface area (Å²) in [7, 11) is 0. The fraction of sp³-hybridized carbons (Fsp3) is 0. The van der Waals surface area contributed by atoms with Crippen LogP contribution in [0.25, 0.3) is 0 Å². The number of nitro groups is 1. The van der Waals surface area contributed by atoms with E-state index >= 15 is 0 Å². The molecule has 11 heavy (non-hydrogen) atoms. The Kier molecular flexibility index (Phi) is 2.10. The van der Waals surface area contributed by atoms with Crippen LogP contribution < -0.4 is 0 Å². The first-order valence-electron chi connectivity index (χ1n) is 2.88. The lowest BCUT2D eigenvalue weighted by molar-refractivity contribution is -0.384. The lowest BCUT2D eigenvalue weighted by Gasteiger charge is -1.96. The topological polar surface area (TPSA) is 43.1 Å². The van der Waals surface area contributed by atoms with Gasteiger partial charge in [-0.3, -0.25) is 10.1 Å². The lowest BCUT2D eigenvalue weighted by Crippen LogP contribution is -1.89. The Morgan fingerprint density at radius 3 is 2.64 bits per heavy atom. The summed E-state index contributed by atoms with van der Waals surface area (Å²) in [6, 6.07) is 4.51. The molecule has 0 bridgehead atoms. The Morgan fingerprint density at radius 1 is 1.55 bits per heavy atom. The molecule has 0 N–H and O–H groups in total. The predicted molar refractivity (Wildman–Crippen MR) is 42.6 cm³/mol. The van der Waals surface area contributed by atoms with Crippen molar-refractivity contribution in [3.8, 4) is 0 Å². The molecular formula is C7H5ClNO2. The molecule has 0 aliphatic heterocycles. The van der Waals surface area contributed by atoms with Gasteiger partial charge in [0.15, 0.2) is 0 Å². The summed E-state index contributed by atoms with van der Waals surface area (Å²) in [6.07, 6.45) is 0. The number of benzene rings is 1. The molecule has 0 aliphatic rings. The van der Waals surface area contributed by atoms with Crippen LogP contribution in [0.15, 0.2) is 18.2 Å². The maximum Gasteiger partial charge on any atom is 0.288 e. The van der Waals surface area contributed by atoms with Gasteiger partial charge in [0.25, 0.3) is 5.69 Å². The molecule has 0 amide bonds. The van der Waals surface area contributed by atoms with E-state index in [1.807, 2.05) is 0 Å². The van der Waals surface area contributed by atoms with Crippen LogP contribution in [0.3, 0.4) is 0 Å². The molecule has 0 spiro atoms. The first kappa shape index (κ1) is 8.01. The number of nitrogens with zero attached hydrogens (tertiary/aromatic N) is 1. The molecule has 0 aliphatic carbocycles. The number of rotatable bonds is 1. The maximum absolute atomic E-state index is 10.3. The average molecular weight is 171 g/mol. The second-order valence-corrected chi connectivity index (χ2v) is 2.39. The van der Waals surface area contributed by atoms with E-state index in [2.05, 4.69) is 6.92 Å². The van der Waals surface area contributed by atoms with E-state index in [-0.39, 0.29) is 10.7 Å². The van der Waals surface area contributed by atoms with Crippen molar-refractivity contribution in [2.75, 3.05) is 0 Å². The van der Waals surface area contributed by atoms with Crippen LogP contribution in [0.4, 0.5) is 5.69 Å². The van der Waals surface area contributed by atoms with Crippen molar-refractivity contribution in [3.63, 3.8) is 0 Å². The van der Waals surface area contributed by atoms with E-state index in [0.29, 0.717) is 5.56 Å². The van der Waals surface area contributed by atoms with Gasteiger partial charge >= 0.3 is 0 Å². The molecule has 0 fully saturated rings. The molecule has 0 saturated carbocycles. The molecule has 0 saturated heterocycles. The zero-order valence-electron chi connectivity index (χ0n) is 5.58. The van der Waals surface area contributed by atoms with Crippen LogP contribution in [-0.4, -0.2) is 4.92 Å². The number of hydrogen-bond acceptors (Lipinski definition) is 2. The minimum atomic E-state index is -0.531.